The summed E-state index contributed by atoms with van der Waals surface area (Å²) in [6.07, 6.45) is 4.51. The standard InChI is InChI=1S/C11H23NO2S/c13-6-2-9-15-10-5-12-11-3-1-7-14-8-4-11/h11-13H,1-10H2. The SMILES string of the molecule is OCCCSCCNC1CCCOCC1. The molecule has 0 radical (unpaired) electrons. The predicted molar refractivity (Wildman–Crippen MR) is 65.5 cm³/mol. The van der Waals surface area contributed by atoms with E-state index in [0.29, 0.717) is 12.6 Å². The smallest absolute Gasteiger partial charge is 0.0480 e. The minimum Gasteiger partial charge on any atom is -0.396 e. The average Bonchev–Trinajstić information content (AvgIpc) is 2.52. The first-order valence-corrected chi connectivity index (χ1v) is 7.08. The summed E-state index contributed by atoms with van der Waals surface area (Å²) in [7, 11) is 0. The van der Waals surface area contributed by atoms with Crippen LogP contribution in [-0.2, 0) is 4.74 Å². The highest BCUT2D eigenvalue weighted by molar-refractivity contribution is 7.99. The molecule has 3 nitrogen and oxygen atoms in total. The second-order valence-electron chi connectivity index (χ2n) is 3.88. The molecule has 0 aromatic rings. The van der Waals surface area contributed by atoms with Gasteiger partial charge in [0.25, 0.3) is 0 Å². The number of thioether (sulfide) groups is 1. The van der Waals surface area contributed by atoms with Crippen LogP contribution in [0.2, 0.25) is 0 Å². The molecule has 1 atom stereocenters. The van der Waals surface area contributed by atoms with Crippen molar-refractivity contribution in [3.05, 3.63) is 0 Å². The van der Waals surface area contributed by atoms with E-state index < -0.39 is 0 Å². The second kappa shape index (κ2) is 9.46. The van der Waals surface area contributed by atoms with E-state index in [9.17, 15) is 0 Å². The van der Waals surface area contributed by atoms with Crippen LogP contribution in [0.25, 0.3) is 0 Å². The maximum Gasteiger partial charge on any atom is 0.0480 e. The molecule has 1 heterocycles. The minimum absolute atomic E-state index is 0.320. The van der Waals surface area contributed by atoms with E-state index in [1.54, 1.807) is 0 Å². The normalized spacial score (nSPS) is 22.6. The highest BCUT2D eigenvalue weighted by Gasteiger charge is 2.10. The fourth-order valence-electron chi connectivity index (χ4n) is 1.71. The molecule has 0 aromatic carbocycles. The van der Waals surface area contributed by atoms with Crippen LogP contribution in [0.1, 0.15) is 25.7 Å². The Morgan fingerprint density at radius 2 is 2.20 bits per heavy atom. The van der Waals surface area contributed by atoms with Crippen molar-refractivity contribution >= 4 is 11.8 Å². The van der Waals surface area contributed by atoms with Crippen LogP contribution in [0, 0.1) is 0 Å². The first-order chi connectivity index (χ1) is 7.43. The molecule has 1 unspecified atom stereocenters. The van der Waals surface area contributed by atoms with Crippen molar-refractivity contribution in [3.63, 3.8) is 0 Å². The predicted octanol–water partition coefficient (Wildman–Crippen LogP) is 1.26. The molecule has 1 saturated heterocycles. The Labute approximate surface area is 97.0 Å². The van der Waals surface area contributed by atoms with Gasteiger partial charge >= 0.3 is 0 Å². The maximum absolute atomic E-state index is 8.62. The Bertz CT molecular complexity index is 139. The lowest BCUT2D eigenvalue weighted by atomic mass is 10.1. The van der Waals surface area contributed by atoms with Crippen LogP contribution >= 0.6 is 11.8 Å². The molecule has 15 heavy (non-hydrogen) atoms. The van der Waals surface area contributed by atoms with Crippen molar-refractivity contribution in [2.45, 2.75) is 31.7 Å². The Morgan fingerprint density at radius 1 is 1.27 bits per heavy atom. The molecule has 4 heteroatoms. The molecule has 0 aromatic heterocycles. The van der Waals surface area contributed by atoms with E-state index in [1.165, 1.54) is 12.8 Å². The largest absolute Gasteiger partial charge is 0.396 e. The van der Waals surface area contributed by atoms with E-state index in [-0.39, 0.29) is 0 Å². The van der Waals surface area contributed by atoms with Gasteiger partial charge in [-0.15, -0.1) is 0 Å². The lowest BCUT2D eigenvalue weighted by Gasteiger charge is -2.15. The molecule has 0 amide bonds. The Hall–Kier alpha value is 0.230. The van der Waals surface area contributed by atoms with Gasteiger partial charge in [0.05, 0.1) is 0 Å². The van der Waals surface area contributed by atoms with Gasteiger partial charge in [0.2, 0.25) is 0 Å². The van der Waals surface area contributed by atoms with Gasteiger partial charge in [0.1, 0.15) is 0 Å². The van der Waals surface area contributed by atoms with E-state index in [2.05, 4.69) is 5.32 Å². The van der Waals surface area contributed by atoms with Crippen LogP contribution in [0.15, 0.2) is 0 Å². The van der Waals surface area contributed by atoms with Crippen molar-refractivity contribution in [1.82, 2.24) is 5.32 Å². The number of ether oxygens (including phenoxy) is 1. The molecule has 0 spiro atoms. The van der Waals surface area contributed by atoms with Crippen molar-refractivity contribution < 1.29 is 9.84 Å². The van der Waals surface area contributed by atoms with Gasteiger partial charge in [-0.2, -0.15) is 11.8 Å². The lowest BCUT2D eigenvalue weighted by molar-refractivity contribution is 0.142. The molecule has 0 aliphatic carbocycles. The summed E-state index contributed by atoms with van der Waals surface area (Å²) in [6, 6.07) is 0.658. The Kier molecular flexibility index (Phi) is 8.38. The monoisotopic (exact) mass is 233 g/mol. The number of rotatable bonds is 7. The number of aliphatic hydroxyl groups is 1. The van der Waals surface area contributed by atoms with E-state index >= 15 is 0 Å². The zero-order valence-corrected chi connectivity index (χ0v) is 10.2. The summed E-state index contributed by atoms with van der Waals surface area (Å²) in [6.45, 7) is 3.25. The molecule has 1 aliphatic heterocycles. The zero-order valence-electron chi connectivity index (χ0n) is 9.41. The zero-order chi connectivity index (χ0) is 10.8. The van der Waals surface area contributed by atoms with Crippen molar-refractivity contribution in [2.24, 2.45) is 0 Å². The van der Waals surface area contributed by atoms with Crippen LogP contribution in [0.3, 0.4) is 0 Å². The second-order valence-corrected chi connectivity index (χ2v) is 5.11. The van der Waals surface area contributed by atoms with Gasteiger partial charge < -0.3 is 15.2 Å². The molecule has 0 bridgehead atoms. The quantitative estimate of drug-likeness (QED) is 0.650. The summed E-state index contributed by atoms with van der Waals surface area (Å²) < 4.78 is 5.41. The molecule has 2 N–H and O–H groups in total. The maximum atomic E-state index is 8.62. The fraction of sp³-hybridized carbons (Fsp3) is 1.00. The number of aliphatic hydroxyl groups excluding tert-OH is 1. The molecule has 1 rings (SSSR count). The first kappa shape index (κ1) is 13.3. The van der Waals surface area contributed by atoms with Crippen molar-refractivity contribution in [1.29, 1.82) is 0 Å². The van der Waals surface area contributed by atoms with E-state index in [0.717, 1.165) is 44.1 Å². The van der Waals surface area contributed by atoms with Crippen LogP contribution in [0.4, 0.5) is 0 Å². The topological polar surface area (TPSA) is 41.5 Å². The third-order valence-corrected chi connectivity index (χ3v) is 3.65. The summed E-state index contributed by atoms with van der Waals surface area (Å²) in [5.74, 6) is 2.23. The highest BCUT2D eigenvalue weighted by Crippen LogP contribution is 2.08. The first-order valence-electron chi connectivity index (χ1n) is 5.93. The summed E-state index contributed by atoms with van der Waals surface area (Å²) in [5.41, 5.74) is 0. The van der Waals surface area contributed by atoms with Gasteiger partial charge in [-0.3, -0.25) is 0 Å². The Morgan fingerprint density at radius 3 is 3.07 bits per heavy atom. The molecule has 90 valence electrons. The number of hydrogen-bond acceptors (Lipinski definition) is 4. The fourth-order valence-corrected chi connectivity index (χ4v) is 2.51. The average molecular weight is 233 g/mol. The summed E-state index contributed by atoms with van der Waals surface area (Å²) in [4.78, 5) is 0. The van der Waals surface area contributed by atoms with Crippen LogP contribution in [0.5, 0.6) is 0 Å². The van der Waals surface area contributed by atoms with Gasteiger partial charge in [0, 0.05) is 38.2 Å². The van der Waals surface area contributed by atoms with Gasteiger partial charge in [0.15, 0.2) is 0 Å². The van der Waals surface area contributed by atoms with E-state index in [4.69, 9.17) is 9.84 Å². The molecule has 0 saturated carbocycles. The van der Waals surface area contributed by atoms with Crippen LogP contribution < -0.4 is 5.32 Å². The highest BCUT2D eigenvalue weighted by atomic mass is 32.2. The number of nitrogens with one attached hydrogen (secondary N) is 1. The summed E-state index contributed by atoms with van der Waals surface area (Å²) in [5, 5.41) is 12.2. The van der Waals surface area contributed by atoms with E-state index in [1.807, 2.05) is 11.8 Å². The third kappa shape index (κ3) is 7.17. The summed E-state index contributed by atoms with van der Waals surface area (Å²) >= 11 is 1.92. The van der Waals surface area contributed by atoms with Crippen LogP contribution in [-0.4, -0.2) is 49.0 Å². The van der Waals surface area contributed by atoms with Crippen molar-refractivity contribution in [3.8, 4) is 0 Å². The molecule has 1 aliphatic rings. The lowest BCUT2D eigenvalue weighted by Crippen LogP contribution is -2.31. The molecular weight excluding hydrogens is 210 g/mol. The minimum atomic E-state index is 0.320. The Balaban J connectivity index is 1.89. The van der Waals surface area contributed by atoms with Gasteiger partial charge in [-0.25, -0.2) is 0 Å². The third-order valence-electron chi connectivity index (χ3n) is 2.58. The molecule has 1 fully saturated rings. The van der Waals surface area contributed by atoms with Gasteiger partial charge in [-0.05, 0) is 31.4 Å². The molecular formula is C11H23NO2S. The van der Waals surface area contributed by atoms with Gasteiger partial charge in [-0.1, -0.05) is 0 Å². The number of hydrogen-bond donors (Lipinski definition) is 2. The van der Waals surface area contributed by atoms with Crippen molar-refractivity contribution in [2.75, 3.05) is 37.9 Å².